The summed E-state index contributed by atoms with van der Waals surface area (Å²) in [6.45, 7) is 8.22. The molecule has 0 radical (unpaired) electrons. The Bertz CT molecular complexity index is 1270. The molecular formula is C29H33ClN4O4. The number of ketones is 1. The molecule has 1 aromatic heterocycles. The molecule has 0 aliphatic heterocycles. The van der Waals surface area contributed by atoms with Crippen molar-refractivity contribution in [2.75, 3.05) is 0 Å². The maximum Gasteiger partial charge on any atom is 0.316 e. The van der Waals surface area contributed by atoms with Crippen molar-refractivity contribution in [3.63, 3.8) is 0 Å². The molecule has 1 heterocycles. The number of ether oxygens (including phenoxy) is 2. The standard InChI is InChI=1S/C29H33ClN4O4/c1-27(2)24(28(3,4)25(27)37-20-6-5-17(14-31)22(30)11-20)34-23(36)18-15-32-26(33-16-18)38-21-12-29(13-21)9-7-19(35)8-10-29/h5-6,11,15-16,21,24-25H,7-10,12-13H2,1-4H3,(H,34,36). The molecule has 1 aromatic carbocycles. The molecule has 9 heteroatoms. The molecule has 2 aromatic rings. The van der Waals surface area contributed by atoms with E-state index in [9.17, 15) is 9.59 Å². The van der Waals surface area contributed by atoms with E-state index in [4.69, 9.17) is 26.3 Å². The molecule has 1 spiro atoms. The Morgan fingerprint density at radius 1 is 1.08 bits per heavy atom. The van der Waals surface area contributed by atoms with Crippen molar-refractivity contribution >= 4 is 23.3 Å². The molecule has 3 fully saturated rings. The van der Waals surface area contributed by atoms with Crippen molar-refractivity contribution in [1.29, 1.82) is 5.26 Å². The van der Waals surface area contributed by atoms with Crippen LogP contribution < -0.4 is 14.8 Å². The van der Waals surface area contributed by atoms with Crippen LogP contribution in [0.3, 0.4) is 0 Å². The summed E-state index contributed by atoms with van der Waals surface area (Å²) in [6, 6.07) is 7.19. The zero-order chi connectivity index (χ0) is 27.3. The number of rotatable bonds is 6. The minimum absolute atomic E-state index is 0.0578. The van der Waals surface area contributed by atoms with E-state index in [1.54, 1.807) is 18.2 Å². The number of nitrogens with one attached hydrogen (secondary N) is 1. The van der Waals surface area contributed by atoms with Crippen LogP contribution in [0.4, 0.5) is 0 Å². The topological polar surface area (TPSA) is 114 Å². The number of nitriles is 1. The van der Waals surface area contributed by atoms with Gasteiger partial charge >= 0.3 is 6.01 Å². The Kier molecular flexibility index (Phi) is 6.63. The number of carbonyl (C=O) groups excluding carboxylic acids is 2. The van der Waals surface area contributed by atoms with Crippen molar-refractivity contribution in [1.82, 2.24) is 15.3 Å². The van der Waals surface area contributed by atoms with Crippen molar-refractivity contribution in [2.45, 2.75) is 84.5 Å². The van der Waals surface area contributed by atoms with Crippen LogP contribution in [0.5, 0.6) is 11.8 Å². The Morgan fingerprint density at radius 2 is 1.71 bits per heavy atom. The highest BCUT2D eigenvalue weighted by atomic mass is 35.5. The second-order valence-electron chi connectivity index (χ2n) is 12.2. The zero-order valence-corrected chi connectivity index (χ0v) is 23.0. The number of hydrogen-bond acceptors (Lipinski definition) is 7. The van der Waals surface area contributed by atoms with Gasteiger partial charge in [0, 0.05) is 48.2 Å². The lowest BCUT2D eigenvalue weighted by molar-refractivity contribution is -0.164. The third kappa shape index (κ3) is 4.73. The maximum absolute atomic E-state index is 13.1. The Morgan fingerprint density at radius 3 is 2.29 bits per heavy atom. The molecular weight excluding hydrogens is 504 g/mol. The quantitative estimate of drug-likeness (QED) is 0.533. The number of hydrogen-bond donors (Lipinski definition) is 1. The van der Waals surface area contributed by atoms with Crippen molar-refractivity contribution in [3.05, 3.63) is 46.7 Å². The SMILES string of the molecule is CC1(C)C(NC(=O)c2cnc(OC3CC4(CCC(=O)CC4)C3)nc2)C(C)(C)C1Oc1ccc(C#N)c(Cl)c1. The number of benzene rings is 1. The molecule has 0 unspecified atom stereocenters. The van der Waals surface area contributed by atoms with Gasteiger partial charge in [0.1, 0.15) is 29.8 Å². The Labute approximate surface area is 228 Å². The van der Waals surface area contributed by atoms with Gasteiger partial charge < -0.3 is 14.8 Å². The molecule has 5 rings (SSSR count). The molecule has 0 saturated heterocycles. The van der Waals surface area contributed by atoms with Crippen molar-refractivity contribution < 1.29 is 19.1 Å². The minimum Gasteiger partial charge on any atom is -0.489 e. The van der Waals surface area contributed by atoms with E-state index in [0.29, 0.717) is 40.5 Å². The van der Waals surface area contributed by atoms with E-state index >= 15 is 0 Å². The smallest absolute Gasteiger partial charge is 0.316 e. The summed E-state index contributed by atoms with van der Waals surface area (Å²) in [5.74, 6) is 0.699. The molecule has 200 valence electrons. The van der Waals surface area contributed by atoms with Crippen LogP contribution in [0.25, 0.3) is 0 Å². The van der Waals surface area contributed by atoms with Crippen LogP contribution in [0.1, 0.15) is 82.1 Å². The summed E-state index contributed by atoms with van der Waals surface area (Å²) in [5, 5.41) is 12.6. The third-order valence-electron chi connectivity index (χ3n) is 8.78. The summed E-state index contributed by atoms with van der Waals surface area (Å²) in [7, 11) is 0. The molecule has 38 heavy (non-hydrogen) atoms. The number of Topliss-reactive ketones (excluding diaryl/α,β-unsaturated/α-hetero) is 1. The lowest BCUT2D eigenvalue weighted by atomic mass is 9.49. The summed E-state index contributed by atoms with van der Waals surface area (Å²) in [5.41, 5.74) is 0.270. The highest BCUT2D eigenvalue weighted by Gasteiger charge is 2.64. The lowest BCUT2D eigenvalue weighted by Gasteiger charge is -2.63. The van der Waals surface area contributed by atoms with E-state index in [2.05, 4.69) is 43.0 Å². The van der Waals surface area contributed by atoms with Gasteiger partial charge in [-0.25, -0.2) is 9.97 Å². The van der Waals surface area contributed by atoms with Gasteiger partial charge in [-0.15, -0.1) is 0 Å². The van der Waals surface area contributed by atoms with Gasteiger partial charge in [0.15, 0.2) is 0 Å². The van der Waals surface area contributed by atoms with E-state index in [0.717, 1.165) is 25.7 Å². The van der Waals surface area contributed by atoms with E-state index in [1.807, 2.05) is 6.07 Å². The molecule has 0 bridgehead atoms. The summed E-state index contributed by atoms with van der Waals surface area (Å²) in [6.07, 6.45) is 7.97. The van der Waals surface area contributed by atoms with E-state index in [1.165, 1.54) is 12.4 Å². The van der Waals surface area contributed by atoms with Crippen LogP contribution >= 0.6 is 11.6 Å². The number of aromatic nitrogens is 2. The van der Waals surface area contributed by atoms with E-state index in [-0.39, 0.29) is 46.4 Å². The number of halogens is 1. The first-order valence-corrected chi connectivity index (χ1v) is 13.5. The zero-order valence-electron chi connectivity index (χ0n) is 22.2. The molecule has 0 atom stereocenters. The second-order valence-corrected chi connectivity index (χ2v) is 12.6. The highest BCUT2D eigenvalue weighted by Crippen LogP contribution is 2.56. The van der Waals surface area contributed by atoms with E-state index < -0.39 is 0 Å². The molecule has 1 amide bonds. The van der Waals surface area contributed by atoms with Crippen LogP contribution in [0.2, 0.25) is 5.02 Å². The molecule has 3 saturated carbocycles. The minimum atomic E-state index is -0.368. The fourth-order valence-corrected chi connectivity index (χ4v) is 7.12. The maximum atomic E-state index is 13.1. The van der Waals surface area contributed by atoms with Gasteiger partial charge in [0.25, 0.3) is 5.91 Å². The number of amides is 1. The highest BCUT2D eigenvalue weighted by molar-refractivity contribution is 6.31. The third-order valence-corrected chi connectivity index (χ3v) is 9.09. The predicted octanol–water partition coefficient (Wildman–Crippen LogP) is 5.28. The molecule has 3 aliphatic carbocycles. The molecule has 8 nitrogen and oxygen atoms in total. The summed E-state index contributed by atoms with van der Waals surface area (Å²) < 4.78 is 12.2. The molecule has 1 N–H and O–H groups in total. The average Bonchev–Trinajstić information content (AvgIpc) is 2.86. The number of carbonyl (C=O) groups is 2. The Balaban J connectivity index is 1.17. The summed E-state index contributed by atoms with van der Waals surface area (Å²) >= 11 is 6.18. The first-order chi connectivity index (χ1) is 17.9. The van der Waals surface area contributed by atoms with Crippen LogP contribution in [0, 0.1) is 27.6 Å². The van der Waals surface area contributed by atoms with Crippen LogP contribution in [0.15, 0.2) is 30.6 Å². The normalized spacial score (nSPS) is 25.0. The van der Waals surface area contributed by atoms with Gasteiger partial charge in [0.05, 0.1) is 16.1 Å². The van der Waals surface area contributed by atoms with Crippen LogP contribution in [-0.2, 0) is 4.79 Å². The van der Waals surface area contributed by atoms with Gasteiger partial charge in [-0.05, 0) is 43.2 Å². The molecule has 3 aliphatic rings. The predicted molar refractivity (Wildman–Crippen MR) is 141 cm³/mol. The fraction of sp³-hybridized carbons (Fsp3) is 0.552. The number of nitrogens with zero attached hydrogens (tertiary/aromatic N) is 3. The van der Waals surface area contributed by atoms with Gasteiger partial charge in [-0.3, -0.25) is 9.59 Å². The fourth-order valence-electron chi connectivity index (χ4n) is 6.91. The second kappa shape index (κ2) is 9.53. The van der Waals surface area contributed by atoms with Crippen LogP contribution in [-0.4, -0.2) is 39.9 Å². The largest absolute Gasteiger partial charge is 0.489 e. The van der Waals surface area contributed by atoms with Gasteiger partial charge in [0.2, 0.25) is 0 Å². The van der Waals surface area contributed by atoms with Gasteiger partial charge in [-0.2, -0.15) is 5.26 Å². The van der Waals surface area contributed by atoms with Crippen molar-refractivity contribution in [3.8, 4) is 17.8 Å². The monoisotopic (exact) mass is 536 g/mol. The lowest BCUT2D eigenvalue weighted by Crippen LogP contribution is -2.74. The summed E-state index contributed by atoms with van der Waals surface area (Å²) in [4.78, 5) is 33.2. The van der Waals surface area contributed by atoms with Crippen molar-refractivity contribution in [2.24, 2.45) is 16.2 Å². The van der Waals surface area contributed by atoms with Gasteiger partial charge in [-0.1, -0.05) is 39.3 Å². The first-order valence-electron chi connectivity index (χ1n) is 13.1. The Hall–Kier alpha value is -3.18. The first kappa shape index (κ1) is 26.4. The average molecular weight is 537 g/mol.